The fraction of sp³-hybridized carbons (Fsp3) is 0.458. The van der Waals surface area contributed by atoms with Crippen LogP contribution in [0.5, 0.6) is 0 Å². The summed E-state index contributed by atoms with van der Waals surface area (Å²) in [5.74, 6) is 0.977. The molecule has 0 amide bonds. The van der Waals surface area contributed by atoms with Crippen molar-refractivity contribution in [3.63, 3.8) is 0 Å². The molecule has 0 bridgehead atoms. The van der Waals surface area contributed by atoms with Crippen molar-refractivity contribution in [1.29, 1.82) is 0 Å². The summed E-state index contributed by atoms with van der Waals surface area (Å²) in [6.07, 6.45) is 12.3. The Morgan fingerprint density at radius 1 is 1.22 bits per heavy atom. The van der Waals surface area contributed by atoms with Crippen LogP contribution in [0.3, 0.4) is 0 Å². The third-order valence-corrected chi connectivity index (χ3v) is 9.81. The molecular weight excluding hydrogens is 481 g/mol. The van der Waals surface area contributed by atoms with Crippen LogP contribution >= 0.6 is 46.7 Å². The van der Waals surface area contributed by atoms with E-state index < -0.39 is 0 Å². The van der Waals surface area contributed by atoms with Crippen LogP contribution in [0.15, 0.2) is 53.8 Å². The first kappa shape index (κ1) is 24.1. The molecule has 3 heterocycles. The minimum absolute atomic E-state index is 0.252. The number of amidine groups is 1. The lowest BCUT2D eigenvalue weighted by atomic mass is 9.77. The summed E-state index contributed by atoms with van der Waals surface area (Å²) >= 11 is 16.6. The van der Waals surface area contributed by atoms with Gasteiger partial charge in [0.05, 0.1) is 34.2 Å². The van der Waals surface area contributed by atoms with Gasteiger partial charge in [0.2, 0.25) is 0 Å². The smallest absolute Gasteiger partial charge is 0.152 e. The molecule has 2 fully saturated rings. The van der Waals surface area contributed by atoms with E-state index in [0.717, 1.165) is 55.3 Å². The molecule has 0 N–H and O–H groups in total. The molecule has 4 rings (SSSR count). The second-order valence-electron chi connectivity index (χ2n) is 8.34. The van der Waals surface area contributed by atoms with Crippen LogP contribution in [0.25, 0.3) is 5.70 Å². The number of likely N-dealkylation sites (N-methyl/N-ethyl adjacent to an activating group) is 1. The van der Waals surface area contributed by atoms with Crippen molar-refractivity contribution in [2.45, 2.75) is 23.5 Å². The Balaban J connectivity index is 1.60. The number of halogens is 2. The molecule has 1 aromatic carbocycles. The first-order valence-corrected chi connectivity index (χ1v) is 14.0. The summed E-state index contributed by atoms with van der Waals surface area (Å²) in [5.41, 5.74) is 3.33. The number of likely N-dealkylation sites (tertiary alicyclic amines) is 1. The van der Waals surface area contributed by atoms with E-state index in [0.29, 0.717) is 20.7 Å². The van der Waals surface area contributed by atoms with Gasteiger partial charge in [0.15, 0.2) is 5.84 Å². The predicted octanol–water partition coefficient (Wildman–Crippen LogP) is 6.24. The van der Waals surface area contributed by atoms with Crippen molar-refractivity contribution in [3.05, 3.63) is 64.4 Å². The summed E-state index contributed by atoms with van der Waals surface area (Å²) in [6, 6.07) is 5.68. The van der Waals surface area contributed by atoms with Crippen molar-refractivity contribution >= 4 is 58.3 Å². The maximum Gasteiger partial charge on any atom is 0.152 e. The van der Waals surface area contributed by atoms with Crippen LogP contribution in [0.2, 0.25) is 10.0 Å². The molecule has 0 aromatic heterocycles. The summed E-state index contributed by atoms with van der Waals surface area (Å²) in [6.45, 7) is 6.71. The maximum absolute atomic E-state index is 6.51. The monoisotopic (exact) mass is 509 g/mol. The molecule has 1 spiro atoms. The summed E-state index contributed by atoms with van der Waals surface area (Å²) in [5, 5.41) is 1.61. The first-order valence-electron chi connectivity index (χ1n) is 10.7. The van der Waals surface area contributed by atoms with Crippen molar-refractivity contribution in [1.82, 2.24) is 9.80 Å². The second kappa shape index (κ2) is 10.1. The lowest BCUT2D eigenvalue weighted by molar-refractivity contribution is 0.101. The molecule has 0 aliphatic carbocycles. The Morgan fingerprint density at radius 2 is 1.97 bits per heavy atom. The van der Waals surface area contributed by atoms with Gasteiger partial charge in [-0.15, -0.1) is 11.8 Å². The Hall–Kier alpha value is -1.05. The highest BCUT2D eigenvalue weighted by Gasteiger charge is 2.50. The van der Waals surface area contributed by atoms with Gasteiger partial charge in [-0.3, -0.25) is 0 Å². The normalized spacial score (nSPS) is 26.5. The lowest BCUT2D eigenvalue weighted by Crippen LogP contribution is -2.49. The van der Waals surface area contributed by atoms with Gasteiger partial charge < -0.3 is 14.5 Å². The van der Waals surface area contributed by atoms with Gasteiger partial charge in [-0.2, -0.15) is 11.8 Å². The van der Waals surface area contributed by atoms with E-state index >= 15 is 0 Å². The highest BCUT2D eigenvalue weighted by Crippen LogP contribution is 2.50. The molecule has 32 heavy (non-hydrogen) atoms. The predicted molar refractivity (Wildman–Crippen MR) is 142 cm³/mol. The molecule has 0 saturated carbocycles. The summed E-state index contributed by atoms with van der Waals surface area (Å²) < 4.78 is 6.17. The quantitative estimate of drug-likeness (QED) is 0.478. The number of allylic oxidation sites excluding steroid dienone is 2. The highest BCUT2D eigenvalue weighted by molar-refractivity contribution is 8.03. The Morgan fingerprint density at radius 3 is 2.62 bits per heavy atom. The number of aliphatic imine (C=N–C) groups is 1. The molecule has 2 saturated heterocycles. The zero-order valence-corrected chi connectivity index (χ0v) is 21.8. The van der Waals surface area contributed by atoms with Crippen molar-refractivity contribution in [3.8, 4) is 0 Å². The van der Waals surface area contributed by atoms with Crippen LogP contribution in [-0.4, -0.2) is 65.6 Å². The topological polar surface area (TPSA) is 28.1 Å². The third-order valence-electron chi connectivity index (χ3n) is 6.70. The maximum atomic E-state index is 6.51. The standard InChI is InChI=1S/C24H29Cl2N3OS2/c1-5-7-18-22(27-14-19(28(18)2)16-8-6-9-17(25)20(16)26)29-12-10-24(11-13-29)15-30-23(32-4)21(24)31-3/h5-9,14,21,23H,1,10-13,15H2,2-4H3/b18-7-/t21?,23-/m0/s1. The number of benzene rings is 1. The second-order valence-corrected chi connectivity index (χ2v) is 11.0. The fourth-order valence-electron chi connectivity index (χ4n) is 4.90. The Labute approximate surface area is 209 Å². The fourth-order valence-corrected chi connectivity index (χ4v) is 7.81. The van der Waals surface area contributed by atoms with E-state index in [1.54, 1.807) is 6.07 Å². The van der Waals surface area contributed by atoms with E-state index in [4.69, 9.17) is 32.9 Å². The largest absolute Gasteiger partial charge is 0.366 e. The van der Waals surface area contributed by atoms with Gasteiger partial charge in [0.1, 0.15) is 5.44 Å². The van der Waals surface area contributed by atoms with Crippen LogP contribution < -0.4 is 0 Å². The van der Waals surface area contributed by atoms with Gasteiger partial charge in [-0.05, 0) is 37.5 Å². The minimum atomic E-state index is 0.252. The Kier molecular flexibility index (Phi) is 7.57. The first-order chi connectivity index (χ1) is 15.5. The molecule has 1 unspecified atom stereocenters. The zero-order chi connectivity index (χ0) is 22.9. The van der Waals surface area contributed by atoms with Crippen molar-refractivity contribution in [2.75, 3.05) is 39.3 Å². The lowest BCUT2D eigenvalue weighted by Gasteiger charge is -2.44. The molecule has 4 nitrogen and oxygen atoms in total. The molecule has 0 radical (unpaired) electrons. The molecule has 172 valence electrons. The van der Waals surface area contributed by atoms with E-state index in [9.17, 15) is 0 Å². The van der Waals surface area contributed by atoms with E-state index in [1.165, 1.54) is 0 Å². The van der Waals surface area contributed by atoms with Gasteiger partial charge in [0, 0.05) is 36.4 Å². The Bertz CT molecular complexity index is 970. The molecule has 8 heteroatoms. The number of nitrogens with zero attached hydrogens (tertiary/aromatic N) is 3. The third kappa shape index (κ3) is 4.25. The van der Waals surface area contributed by atoms with Crippen LogP contribution in [0.1, 0.15) is 18.4 Å². The number of rotatable bonds is 4. The molecule has 3 aliphatic heterocycles. The van der Waals surface area contributed by atoms with E-state index in [1.807, 2.05) is 61.1 Å². The van der Waals surface area contributed by atoms with Crippen LogP contribution in [0.4, 0.5) is 0 Å². The number of ether oxygens (including phenoxy) is 1. The van der Waals surface area contributed by atoms with Gasteiger partial charge in [-0.25, -0.2) is 4.99 Å². The number of hydrogen-bond donors (Lipinski definition) is 0. The molecule has 1 aromatic rings. The molecular formula is C24H29Cl2N3OS2. The SMILES string of the molecule is C=C/C=C1/C(N2CCC3(CC2)CO[C@@H](SC)C3SC)=NC=C(c2cccc(Cl)c2Cl)N1C. The average molecular weight is 511 g/mol. The van der Waals surface area contributed by atoms with Crippen LogP contribution in [-0.2, 0) is 4.74 Å². The van der Waals surface area contributed by atoms with E-state index in [2.05, 4.69) is 28.9 Å². The average Bonchev–Trinajstić information content (AvgIpc) is 3.15. The van der Waals surface area contributed by atoms with Gasteiger partial charge in [0.25, 0.3) is 0 Å². The van der Waals surface area contributed by atoms with Gasteiger partial charge in [-0.1, -0.05) is 48.0 Å². The summed E-state index contributed by atoms with van der Waals surface area (Å²) in [7, 11) is 2.04. The van der Waals surface area contributed by atoms with Crippen LogP contribution in [0, 0.1) is 5.41 Å². The summed E-state index contributed by atoms with van der Waals surface area (Å²) in [4.78, 5) is 9.42. The van der Waals surface area contributed by atoms with E-state index in [-0.39, 0.29) is 5.41 Å². The van der Waals surface area contributed by atoms with Gasteiger partial charge >= 0.3 is 0 Å². The van der Waals surface area contributed by atoms with Crippen molar-refractivity contribution in [2.24, 2.45) is 10.4 Å². The molecule has 3 aliphatic rings. The highest BCUT2D eigenvalue weighted by atomic mass is 35.5. The minimum Gasteiger partial charge on any atom is -0.366 e. The number of piperidine rings is 1. The molecule has 2 atom stereocenters. The zero-order valence-electron chi connectivity index (χ0n) is 18.7. The van der Waals surface area contributed by atoms with Crippen molar-refractivity contribution < 1.29 is 4.74 Å². The number of hydrogen-bond acceptors (Lipinski definition) is 6. The number of thioether (sulfide) groups is 2.